The number of hydrogen-bond acceptors (Lipinski definition) is 5. The molecule has 1 aromatic carbocycles. The second-order valence-electron chi connectivity index (χ2n) is 3.73. The van der Waals surface area contributed by atoms with E-state index in [1.54, 1.807) is 16.5 Å². The van der Waals surface area contributed by atoms with Gasteiger partial charge in [0.1, 0.15) is 0 Å². The van der Waals surface area contributed by atoms with Crippen LogP contribution in [0.5, 0.6) is 0 Å². The topological polar surface area (TPSA) is 77.3 Å². The molecule has 0 atom stereocenters. The van der Waals surface area contributed by atoms with Gasteiger partial charge >= 0.3 is 0 Å². The summed E-state index contributed by atoms with van der Waals surface area (Å²) in [4.78, 5) is 32.3. The average Bonchev–Trinajstić information content (AvgIpc) is 2.94. The van der Waals surface area contributed by atoms with E-state index in [2.05, 4.69) is 0 Å². The lowest BCUT2D eigenvalue weighted by molar-refractivity contribution is -0.384. The van der Waals surface area contributed by atoms with Gasteiger partial charge in [0, 0.05) is 12.1 Å². The summed E-state index contributed by atoms with van der Waals surface area (Å²) in [5.41, 5.74) is 1.29. The third-order valence-electron chi connectivity index (χ3n) is 2.68. The lowest BCUT2D eigenvalue weighted by atomic mass is 10.0. The van der Waals surface area contributed by atoms with Crippen LogP contribution < -0.4 is 0 Å². The Labute approximate surface area is 110 Å². The Morgan fingerprint density at radius 2 is 2.00 bits per heavy atom. The van der Waals surface area contributed by atoms with Crippen LogP contribution in [0.4, 0.5) is 5.69 Å². The van der Waals surface area contributed by atoms with Crippen molar-refractivity contribution in [2.24, 2.45) is 0 Å². The lowest BCUT2D eigenvalue weighted by Gasteiger charge is -2.13. The molecule has 0 fully saturated rings. The molecule has 0 saturated carbocycles. The molecule has 0 N–H and O–H groups in total. The number of allylic oxidation sites excluding steroid dienone is 4. The van der Waals surface area contributed by atoms with Gasteiger partial charge in [-0.3, -0.25) is 29.8 Å². The van der Waals surface area contributed by atoms with Gasteiger partial charge in [0.05, 0.1) is 4.92 Å². The molecule has 0 heterocycles. The molecule has 1 aromatic rings. The fraction of sp³-hybridized carbons (Fsp3) is 0.0769. The fourth-order valence-corrected chi connectivity index (χ4v) is 2.64. The zero-order chi connectivity index (χ0) is 13.8. The molecular weight excluding hydrogens is 266 g/mol. The minimum Gasteiger partial charge on any atom is -0.277 e. The fourth-order valence-electron chi connectivity index (χ4n) is 1.81. The van der Waals surface area contributed by atoms with Crippen molar-refractivity contribution in [3.63, 3.8) is 0 Å². The summed E-state index contributed by atoms with van der Waals surface area (Å²) in [6.45, 7) is 0. The molecule has 0 unspecified atom stereocenters. The van der Waals surface area contributed by atoms with Gasteiger partial charge in [-0.1, -0.05) is 24.3 Å². The molecule has 96 valence electrons. The summed E-state index contributed by atoms with van der Waals surface area (Å²) >= 11 is 0. The van der Waals surface area contributed by atoms with E-state index in [4.69, 9.17) is 0 Å². The van der Waals surface area contributed by atoms with Crippen molar-refractivity contribution in [3.8, 4) is 0 Å². The normalized spacial score (nSPS) is 13.0. The van der Waals surface area contributed by atoms with E-state index in [0.29, 0.717) is 16.9 Å². The standard InChI is InChI=1S/C13H8NO4S/c15-8-19(9-16)13-6-5-11(14(17)18)7-12(13)10-3-1-2-4-10/h1-3,5-7H,4H2/q-1. The van der Waals surface area contributed by atoms with Gasteiger partial charge in [-0.05, 0) is 28.0 Å². The maximum atomic E-state index is 10.8. The van der Waals surface area contributed by atoms with Crippen molar-refractivity contribution in [3.05, 3.63) is 52.1 Å². The Balaban J connectivity index is 2.71. The molecule has 0 spiro atoms. The van der Waals surface area contributed by atoms with Gasteiger partial charge in [0.2, 0.25) is 0 Å². The van der Waals surface area contributed by atoms with E-state index in [1.807, 2.05) is 12.2 Å². The molecule has 6 heteroatoms. The molecule has 0 saturated heterocycles. The van der Waals surface area contributed by atoms with Crippen LogP contribution in [0.25, 0.3) is 5.57 Å². The number of benzene rings is 1. The molecular formula is C13H8NO4S-. The van der Waals surface area contributed by atoms with E-state index < -0.39 is 15.0 Å². The third kappa shape index (κ3) is 2.56. The Morgan fingerprint density at radius 3 is 2.53 bits per heavy atom. The van der Waals surface area contributed by atoms with Gasteiger partial charge in [-0.25, -0.2) is 0 Å². The van der Waals surface area contributed by atoms with E-state index >= 15 is 0 Å². The summed E-state index contributed by atoms with van der Waals surface area (Å²) in [5.74, 6) is 0. The third-order valence-corrected chi connectivity index (χ3v) is 3.81. The van der Waals surface area contributed by atoms with Crippen molar-refractivity contribution in [1.29, 1.82) is 0 Å². The average molecular weight is 274 g/mol. The molecule has 0 bridgehead atoms. The Hall–Kier alpha value is -2.39. The van der Waals surface area contributed by atoms with E-state index in [-0.39, 0.29) is 5.69 Å². The van der Waals surface area contributed by atoms with Crippen LogP contribution in [0, 0.1) is 10.1 Å². The zero-order valence-electron chi connectivity index (χ0n) is 9.66. The first-order valence-corrected chi connectivity index (χ1v) is 6.54. The van der Waals surface area contributed by atoms with Crippen LogP contribution in [0.15, 0.2) is 41.3 Å². The number of nitro benzene ring substituents is 1. The van der Waals surface area contributed by atoms with Crippen LogP contribution in [0.2, 0.25) is 0 Å². The molecule has 0 aromatic heterocycles. The highest BCUT2D eigenvalue weighted by molar-refractivity contribution is 7.92. The van der Waals surface area contributed by atoms with Gasteiger partial charge < -0.3 is 0 Å². The van der Waals surface area contributed by atoms with Crippen molar-refractivity contribution in [1.82, 2.24) is 0 Å². The molecule has 0 aliphatic heterocycles. The molecule has 5 nitrogen and oxygen atoms in total. The quantitative estimate of drug-likeness (QED) is 0.366. The van der Waals surface area contributed by atoms with Crippen LogP contribution in [-0.2, 0) is 19.7 Å². The van der Waals surface area contributed by atoms with Crippen molar-refractivity contribution < 1.29 is 14.5 Å². The first-order valence-electron chi connectivity index (χ1n) is 5.31. The summed E-state index contributed by atoms with van der Waals surface area (Å²) in [5, 5.41) is 14.0. The molecule has 0 radical (unpaired) electrons. The van der Waals surface area contributed by atoms with Gasteiger partial charge in [-0.2, -0.15) is 0 Å². The first-order chi connectivity index (χ1) is 9.17. The van der Waals surface area contributed by atoms with Crippen LogP contribution >= 0.6 is 0 Å². The van der Waals surface area contributed by atoms with E-state index in [9.17, 15) is 19.7 Å². The van der Waals surface area contributed by atoms with Gasteiger partial charge in [0.15, 0.2) is 0 Å². The van der Waals surface area contributed by atoms with Crippen molar-refractivity contribution in [2.45, 2.75) is 11.3 Å². The first kappa shape index (κ1) is 13.1. The molecule has 1 aliphatic rings. The molecule has 0 amide bonds. The van der Waals surface area contributed by atoms with Gasteiger partial charge in [0.25, 0.3) is 5.69 Å². The SMILES string of the molecule is O=C=[S-](=C=O)c1ccc([N+](=O)[O-])cc1C1=CC=CC1. The van der Waals surface area contributed by atoms with Crippen LogP contribution in [0.1, 0.15) is 12.0 Å². The largest absolute Gasteiger partial charge is 0.277 e. The zero-order valence-corrected chi connectivity index (χ0v) is 10.5. The van der Waals surface area contributed by atoms with Crippen molar-refractivity contribution in [2.75, 3.05) is 0 Å². The number of rotatable bonds is 3. The van der Waals surface area contributed by atoms with Crippen molar-refractivity contribution >= 4 is 31.8 Å². The highest BCUT2D eigenvalue weighted by Crippen LogP contribution is 2.30. The highest BCUT2D eigenvalue weighted by atomic mass is 32.2. The predicted molar refractivity (Wildman–Crippen MR) is 71.8 cm³/mol. The maximum Gasteiger partial charge on any atom is 0.269 e. The second-order valence-corrected chi connectivity index (χ2v) is 5.12. The summed E-state index contributed by atoms with van der Waals surface area (Å²) in [7, 11) is -1.43. The Morgan fingerprint density at radius 1 is 1.26 bits per heavy atom. The molecule has 2 rings (SSSR count). The summed E-state index contributed by atoms with van der Waals surface area (Å²) in [6.07, 6.45) is 6.14. The highest BCUT2D eigenvalue weighted by Gasteiger charge is 2.11. The number of hydrogen-bond donors (Lipinski definition) is 0. The smallest absolute Gasteiger partial charge is 0.269 e. The lowest BCUT2D eigenvalue weighted by Crippen LogP contribution is -1.95. The molecule has 1 aliphatic carbocycles. The Kier molecular flexibility index (Phi) is 3.78. The summed E-state index contributed by atoms with van der Waals surface area (Å²) in [6, 6.07) is 4.07. The number of nitrogens with zero attached hydrogens (tertiary/aromatic N) is 1. The number of carbonyl (C=O) groups excluding carboxylic acids is 2. The second kappa shape index (κ2) is 5.50. The minimum absolute atomic E-state index is 0.0769. The Bertz CT molecular complexity index is 728. The van der Waals surface area contributed by atoms with Gasteiger partial charge in [-0.15, -0.1) is 4.90 Å². The van der Waals surface area contributed by atoms with Crippen LogP contribution in [-0.4, -0.2) is 15.4 Å². The summed E-state index contributed by atoms with van der Waals surface area (Å²) < 4.78 is 0. The maximum absolute atomic E-state index is 10.8. The predicted octanol–water partition coefficient (Wildman–Crippen LogP) is 2.05. The molecule has 19 heavy (non-hydrogen) atoms. The van der Waals surface area contributed by atoms with Crippen LogP contribution in [0.3, 0.4) is 0 Å². The number of non-ortho nitro benzene ring substituents is 1. The van der Waals surface area contributed by atoms with E-state index in [1.165, 1.54) is 18.2 Å². The van der Waals surface area contributed by atoms with E-state index in [0.717, 1.165) is 5.57 Å². The number of nitro groups is 1. The minimum atomic E-state index is -1.43. The monoisotopic (exact) mass is 274 g/mol.